The van der Waals surface area contributed by atoms with Gasteiger partial charge in [-0.05, 0) is 18.2 Å². The summed E-state index contributed by atoms with van der Waals surface area (Å²) in [6.45, 7) is 3.47. The van der Waals surface area contributed by atoms with E-state index in [1.807, 2.05) is 13.0 Å². The van der Waals surface area contributed by atoms with Crippen molar-refractivity contribution in [2.75, 3.05) is 19.4 Å². The molecule has 3 nitrogen and oxygen atoms in total. The van der Waals surface area contributed by atoms with Crippen molar-refractivity contribution in [3.63, 3.8) is 0 Å². The van der Waals surface area contributed by atoms with E-state index in [2.05, 4.69) is 10.1 Å². The number of halogens is 1. The Labute approximate surface area is 111 Å². The van der Waals surface area contributed by atoms with Crippen LogP contribution in [0.5, 0.6) is 0 Å². The molecule has 0 aliphatic carbocycles. The van der Waals surface area contributed by atoms with Crippen LogP contribution in [0.25, 0.3) is 0 Å². The molecule has 0 amide bonds. The third-order valence-electron chi connectivity index (χ3n) is 2.39. The number of ether oxygens (including phenoxy) is 1. The van der Waals surface area contributed by atoms with Gasteiger partial charge in [-0.2, -0.15) is 0 Å². The van der Waals surface area contributed by atoms with Crippen LogP contribution in [0.4, 0.5) is 4.39 Å². The first-order chi connectivity index (χ1) is 8.69. The lowest BCUT2D eigenvalue weighted by Gasteiger charge is -2.10. The molecule has 0 fully saturated rings. The van der Waals surface area contributed by atoms with Crippen molar-refractivity contribution in [2.45, 2.75) is 24.8 Å². The second kappa shape index (κ2) is 8.11. The van der Waals surface area contributed by atoms with Gasteiger partial charge in [0, 0.05) is 17.2 Å². The Kier molecular flexibility index (Phi) is 6.75. The van der Waals surface area contributed by atoms with Gasteiger partial charge in [0.15, 0.2) is 0 Å². The zero-order valence-electron chi connectivity index (χ0n) is 10.7. The molecule has 1 N–H and O–H groups in total. The number of esters is 1. The first kappa shape index (κ1) is 15.0. The second-order valence-electron chi connectivity index (χ2n) is 3.68. The lowest BCUT2D eigenvalue weighted by molar-refractivity contribution is -0.140. The van der Waals surface area contributed by atoms with E-state index >= 15 is 0 Å². The second-order valence-corrected chi connectivity index (χ2v) is 4.79. The molecule has 0 aromatic heterocycles. The van der Waals surface area contributed by atoms with E-state index in [4.69, 9.17) is 0 Å². The molecule has 1 aromatic rings. The zero-order chi connectivity index (χ0) is 13.4. The van der Waals surface area contributed by atoms with Crippen molar-refractivity contribution >= 4 is 17.7 Å². The summed E-state index contributed by atoms with van der Waals surface area (Å²) in [5.74, 6) is 0.0135. The van der Waals surface area contributed by atoms with Gasteiger partial charge in [0.2, 0.25) is 0 Å². The quantitative estimate of drug-likeness (QED) is 0.611. The Balaban J connectivity index is 2.64. The number of carbonyl (C=O) groups is 1. The standard InChI is InChI=1S/C13H18FNO2S/c1-3-15-9-10-5-4-6-11(14)13(10)18-8-7-12(16)17-2/h4-6,15H,3,7-9H2,1-2H3. The van der Waals surface area contributed by atoms with Gasteiger partial charge in [0.25, 0.3) is 0 Å². The number of nitrogens with one attached hydrogen (secondary N) is 1. The molecule has 0 heterocycles. The number of thioether (sulfide) groups is 1. The van der Waals surface area contributed by atoms with E-state index in [0.717, 1.165) is 12.1 Å². The molecular weight excluding hydrogens is 253 g/mol. The summed E-state index contributed by atoms with van der Waals surface area (Å²) in [4.78, 5) is 11.6. The highest BCUT2D eigenvalue weighted by Gasteiger charge is 2.09. The number of benzene rings is 1. The molecule has 1 aromatic carbocycles. The lowest BCUT2D eigenvalue weighted by atomic mass is 10.2. The first-order valence-corrected chi connectivity index (χ1v) is 6.85. The monoisotopic (exact) mass is 271 g/mol. The molecule has 100 valence electrons. The largest absolute Gasteiger partial charge is 0.469 e. The van der Waals surface area contributed by atoms with E-state index in [-0.39, 0.29) is 18.2 Å². The van der Waals surface area contributed by atoms with Gasteiger partial charge in [-0.3, -0.25) is 4.79 Å². The van der Waals surface area contributed by atoms with Gasteiger partial charge >= 0.3 is 5.97 Å². The summed E-state index contributed by atoms with van der Waals surface area (Å²) in [6.07, 6.45) is 0.288. The lowest BCUT2D eigenvalue weighted by Crippen LogP contribution is -2.13. The molecule has 18 heavy (non-hydrogen) atoms. The molecule has 1 rings (SSSR count). The molecule has 0 radical (unpaired) electrons. The Morgan fingerprint density at radius 1 is 1.50 bits per heavy atom. The summed E-state index contributed by atoms with van der Waals surface area (Å²) in [7, 11) is 1.35. The van der Waals surface area contributed by atoms with Gasteiger partial charge in [-0.25, -0.2) is 4.39 Å². The maximum atomic E-state index is 13.7. The fraction of sp³-hybridized carbons (Fsp3) is 0.462. The minimum Gasteiger partial charge on any atom is -0.469 e. The topological polar surface area (TPSA) is 38.3 Å². The molecule has 0 spiro atoms. The number of hydrogen-bond donors (Lipinski definition) is 1. The predicted molar refractivity (Wildman–Crippen MR) is 71.1 cm³/mol. The van der Waals surface area contributed by atoms with Gasteiger partial charge in [0.1, 0.15) is 5.82 Å². The van der Waals surface area contributed by atoms with Crippen LogP contribution in [0.15, 0.2) is 23.1 Å². The van der Waals surface area contributed by atoms with Crippen LogP contribution in [0.3, 0.4) is 0 Å². The number of carbonyl (C=O) groups excluding carboxylic acids is 1. The van der Waals surface area contributed by atoms with Crippen molar-refractivity contribution in [2.24, 2.45) is 0 Å². The zero-order valence-corrected chi connectivity index (χ0v) is 11.5. The van der Waals surface area contributed by atoms with Crippen molar-refractivity contribution in [3.8, 4) is 0 Å². The average Bonchev–Trinajstić information content (AvgIpc) is 2.38. The van der Waals surface area contributed by atoms with Crippen LogP contribution in [0.2, 0.25) is 0 Å². The third-order valence-corrected chi connectivity index (χ3v) is 3.55. The minimum absolute atomic E-state index is 0.236. The minimum atomic E-state index is -0.271. The first-order valence-electron chi connectivity index (χ1n) is 5.86. The van der Waals surface area contributed by atoms with Crippen LogP contribution in [-0.4, -0.2) is 25.4 Å². The summed E-state index contributed by atoms with van der Waals surface area (Å²) >= 11 is 1.35. The van der Waals surface area contributed by atoms with Crippen LogP contribution >= 0.6 is 11.8 Å². The van der Waals surface area contributed by atoms with Crippen LogP contribution in [0.1, 0.15) is 18.9 Å². The summed E-state index contributed by atoms with van der Waals surface area (Å²) in [6, 6.07) is 5.04. The molecule has 0 aliphatic heterocycles. The highest BCUT2D eigenvalue weighted by molar-refractivity contribution is 7.99. The normalized spacial score (nSPS) is 10.4. The van der Waals surface area contributed by atoms with Gasteiger partial charge in [0.05, 0.1) is 13.5 Å². The van der Waals surface area contributed by atoms with E-state index in [0.29, 0.717) is 17.2 Å². The van der Waals surface area contributed by atoms with E-state index in [1.54, 1.807) is 6.07 Å². The Hall–Kier alpha value is -1.07. The van der Waals surface area contributed by atoms with Gasteiger partial charge in [-0.15, -0.1) is 11.8 Å². The number of methoxy groups -OCH3 is 1. The molecule has 0 atom stereocenters. The Bertz CT molecular complexity index is 399. The van der Waals surface area contributed by atoms with Gasteiger partial charge in [-0.1, -0.05) is 19.1 Å². The summed E-state index contributed by atoms with van der Waals surface area (Å²) in [5.41, 5.74) is 0.923. The summed E-state index contributed by atoms with van der Waals surface area (Å²) in [5, 5.41) is 3.17. The fourth-order valence-corrected chi connectivity index (χ4v) is 2.46. The maximum Gasteiger partial charge on any atom is 0.306 e. The molecule has 0 unspecified atom stereocenters. The van der Waals surface area contributed by atoms with Crippen molar-refractivity contribution < 1.29 is 13.9 Å². The van der Waals surface area contributed by atoms with E-state index in [9.17, 15) is 9.18 Å². The average molecular weight is 271 g/mol. The Morgan fingerprint density at radius 2 is 2.28 bits per heavy atom. The van der Waals surface area contributed by atoms with Crippen molar-refractivity contribution in [1.29, 1.82) is 0 Å². The number of hydrogen-bond acceptors (Lipinski definition) is 4. The predicted octanol–water partition coefficient (Wildman–Crippen LogP) is 2.59. The maximum absolute atomic E-state index is 13.7. The highest BCUT2D eigenvalue weighted by atomic mass is 32.2. The summed E-state index contributed by atoms with van der Waals surface area (Å²) < 4.78 is 18.3. The van der Waals surface area contributed by atoms with Crippen LogP contribution in [-0.2, 0) is 16.1 Å². The van der Waals surface area contributed by atoms with Crippen LogP contribution < -0.4 is 5.32 Å². The molecule has 0 saturated heterocycles. The Morgan fingerprint density at radius 3 is 2.94 bits per heavy atom. The smallest absolute Gasteiger partial charge is 0.306 e. The third kappa shape index (κ3) is 4.66. The molecule has 5 heteroatoms. The van der Waals surface area contributed by atoms with E-state index in [1.165, 1.54) is 24.9 Å². The van der Waals surface area contributed by atoms with Gasteiger partial charge < -0.3 is 10.1 Å². The van der Waals surface area contributed by atoms with Crippen molar-refractivity contribution in [1.82, 2.24) is 5.32 Å². The molecule has 0 aliphatic rings. The fourth-order valence-electron chi connectivity index (χ4n) is 1.45. The van der Waals surface area contributed by atoms with E-state index < -0.39 is 0 Å². The molecular formula is C13H18FNO2S. The van der Waals surface area contributed by atoms with Crippen molar-refractivity contribution in [3.05, 3.63) is 29.6 Å². The number of rotatable bonds is 7. The highest BCUT2D eigenvalue weighted by Crippen LogP contribution is 2.26. The SMILES string of the molecule is CCNCc1cccc(F)c1SCCC(=O)OC. The molecule has 0 saturated carbocycles. The van der Waals surface area contributed by atoms with Crippen LogP contribution in [0, 0.1) is 5.82 Å². The molecule has 0 bridgehead atoms.